The molecule has 168 valence electrons. The molecule has 3 aliphatic heterocycles. The number of rotatable bonds is 3. The van der Waals surface area contributed by atoms with Crippen LogP contribution in [0, 0.1) is 11.8 Å². The molecule has 3 fully saturated rings. The van der Waals surface area contributed by atoms with Gasteiger partial charge in [-0.25, -0.2) is 4.98 Å². The first-order valence-electron chi connectivity index (χ1n) is 9.38. The maximum Gasteiger partial charge on any atom is 0.416 e. The van der Waals surface area contributed by atoms with Crippen LogP contribution in [0.2, 0.25) is 0 Å². The van der Waals surface area contributed by atoms with Gasteiger partial charge in [-0.1, -0.05) is 0 Å². The summed E-state index contributed by atoms with van der Waals surface area (Å²) in [7, 11) is 4.11. The molecule has 3 aliphatic rings. The van der Waals surface area contributed by atoms with Gasteiger partial charge in [-0.2, -0.15) is 13.2 Å². The lowest BCUT2D eigenvalue weighted by Gasteiger charge is -2.30. The third kappa shape index (κ3) is 5.01. The third-order valence-corrected chi connectivity index (χ3v) is 5.76. The number of carboxylic acid groups (broad SMARTS) is 2. The van der Waals surface area contributed by atoms with E-state index in [0.717, 1.165) is 38.1 Å². The van der Waals surface area contributed by atoms with E-state index in [2.05, 4.69) is 24.0 Å². The first kappa shape index (κ1) is 23.9. The minimum absolute atomic E-state index is 0.193. The van der Waals surface area contributed by atoms with Crippen molar-refractivity contribution in [3.8, 4) is 0 Å². The molecule has 4 rings (SSSR count). The molecule has 2 bridgehead atoms. The van der Waals surface area contributed by atoms with Gasteiger partial charge in [-0.3, -0.25) is 9.59 Å². The second-order valence-corrected chi connectivity index (χ2v) is 7.78. The molecule has 4 heterocycles. The molecule has 1 spiro atoms. The van der Waals surface area contributed by atoms with Crippen LogP contribution in [0.3, 0.4) is 0 Å². The molecule has 4 atom stereocenters. The highest BCUT2D eigenvalue weighted by Crippen LogP contribution is 2.55. The van der Waals surface area contributed by atoms with Crippen LogP contribution in [-0.4, -0.2) is 78.5 Å². The van der Waals surface area contributed by atoms with Gasteiger partial charge in [-0.15, -0.1) is 0 Å². The van der Waals surface area contributed by atoms with Gasteiger partial charge in [0.25, 0.3) is 12.9 Å². The zero-order valence-electron chi connectivity index (χ0n) is 16.7. The van der Waals surface area contributed by atoms with Crippen LogP contribution in [0.25, 0.3) is 0 Å². The van der Waals surface area contributed by atoms with Crippen LogP contribution in [0.4, 0.5) is 19.0 Å². The quantitative estimate of drug-likeness (QED) is 0.699. The van der Waals surface area contributed by atoms with Crippen molar-refractivity contribution in [1.29, 1.82) is 0 Å². The summed E-state index contributed by atoms with van der Waals surface area (Å²) >= 11 is 0. The Morgan fingerprint density at radius 1 is 1.33 bits per heavy atom. The van der Waals surface area contributed by atoms with E-state index < -0.39 is 11.7 Å². The summed E-state index contributed by atoms with van der Waals surface area (Å²) in [6.07, 6.45) is -0.734. The second kappa shape index (κ2) is 9.61. The first-order chi connectivity index (χ1) is 14.1. The van der Waals surface area contributed by atoms with Gasteiger partial charge in [0.1, 0.15) is 5.82 Å². The monoisotopic (exact) mass is 433 g/mol. The van der Waals surface area contributed by atoms with Crippen LogP contribution in [0.1, 0.15) is 18.4 Å². The molecule has 0 amide bonds. The number of hydrogen-bond donors (Lipinski definition) is 2. The van der Waals surface area contributed by atoms with Gasteiger partial charge in [0.15, 0.2) is 0 Å². The normalized spacial score (nSPS) is 28.9. The molecular formula is C19H26F3N3O5. The summed E-state index contributed by atoms with van der Waals surface area (Å²) in [5.41, 5.74) is -0.835. The third-order valence-electron chi connectivity index (χ3n) is 5.76. The molecule has 2 N–H and O–H groups in total. The molecule has 0 radical (unpaired) electrons. The average Bonchev–Trinajstić information content (AvgIpc) is 3.32. The zero-order chi connectivity index (χ0) is 22.5. The first-order valence-corrected chi connectivity index (χ1v) is 9.38. The fourth-order valence-electron chi connectivity index (χ4n) is 4.80. The molecule has 8 nitrogen and oxygen atoms in total. The molecule has 0 saturated carbocycles. The van der Waals surface area contributed by atoms with E-state index in [1.54, 1.807) is 0 Å². The lowest BCUT2D eigenvalue weighted by atomic mass is 9.73. The van der Waals surface area contributed by atoms with E-state index >= 15 is 0 Å². The SMILES string of the molecule is CN(C)C[C@H]1[C@H]2CN(c3cc(C(F)(F)F)ccn3)C[C@]23CC[C@H]1O3.O=CO.O=CO. The van der Waals surface area contributed by atoms with E-state index in [4.69, 9.17) is 24.5 Å². The predicted octanol–water partition coefficient (Wildman–Crippen LogP) is 2.05. The van der Waals surface area contributed by atoms with E-state index in [-0.39, 0.29) is 18.5 Å². The van der Waals surface area contributed by atoms with E-state index in [9.17, 15) is 13.2 Å². The van der Waals surface area contributed by atoms with Crippen LogP contribution in [0.5, 0.6) is 0 Å². The highest BCUT2D eigenvalue weighted by atomic mass is 19.4. The highest BCUT2D eigenvalue weighted by Gasteiger charge is 2.63. The minimum atomic E-state index is -4.34. The number of anilines is 1. The Morgan fingerprint density at radius 2 is 1.97 bits per heavy atom. The number of nitrogens with zero attached hydrogens (tertiary/aromatic N) is 3. The highest BCUT2D eigenvalue weighted by molar-refractivity contribution is 5.45. The van der Waals surface area contributed by atoms with Crippen molar-refractivity contribution < 1.29 is 37.7 Å². The summed E-state index contributed by atoms with van der Waals surface area (Å²) in [5.74, 6) is 1.23. The number of carbonyl (C=O) groups is 2. The van der Waals surface area contributed by atoms with Crippen molar-refractivity contribution in [2.24, 2.45) is 11.8 Å². The van der Waals surface area contributed by atoms with Crippen molar-refractivity contribution in [3.63, 3.8) is 0 Å². The minimum Gasteiger partial charge on any atom is -0.483 e. The van der Waals surface area contributed by atoms with Gasteiger partial charge in [0.05, 0.1) is 17.3 Å². The summed E-state index contributed by atoms with van der Waals surface area (Å²) in [6.45, 7) is 1.83. The second-order valence-electron chi connectivity index (χ2n) is 7.78. The Morgan fingerprint density at radius 3 is 2.53 bits per heavy atom. The zero-order valence-corrected chi connectivity index (χ0v) is 16.7. The fraction of sp³-hybridized carbons (Fsp3) is 0.632. The molecule has 0 aromatic carbocycles. The number of ether oxygens (including phenoxy) is 1. The lowest BCUT2D eigenvalue weighted by molar-refractivity contribution is -0.137. The molecule has 3 saturated heterocycles. The predicted molar refractivity (Wildman–Crippen MR) is 101 cm³/mol. The van der Waals surface area contributed by atoms with Crippen LogP contribution in [0.15, 0.2) is 18.3 Å². The smallest absolute Gasteiger partial charge is 0.416 e. The number of hydrogen-bond acceptors (Lipinski definition) is 6. The maximum atomic E-state index is 13.0. The van der Waals surface area contributed by atoms with E-state index in [1.165, 1.54) is 6.20 Å². The Hall–Kier alpha value is -2.40. The number of alkyl halides is 3. The molecule has 0 unspecified atom stereocenters. The molecular weight excluding hydrogens is 407 g/mol. The average molecular weight is 433 g/mol. The lowest BCUT2D eigenvalue weighted by Crippen LogP contribution is -2.40. The standard InChI is InChI=1S/C17H22F3N3O.2CH2O2/c1-22(2)8-12-13-9-23(10-16(13)5-3-14(12)24-16)15-7-11(4-6-21-15)17(18,19)20;2*2-1-3/h4,6-7,12-14H,3,5,8-10H2,1-2H3;2*1H,(H,2,3)/t12-,13+,14+,16+;;/m0../s1. The number of halogens is 3. The number of pyridine rings is 1. The number of aromatic nitrogens is 1. The number of fused-ring (bicyclic) bond motifs is 1. The van der Waals surface area contributed by atoms with Crippen molar-refractivity contribution in [2.75, 3.05) is 38.6 Å². The van der Waals surface area contributed by atoms with Crippen molar-refractivity contribution in [2.45, 2.75) is 30.7 Å². The van der Waals surface area contributed by atoms with Gasteiger partial charge in [0, 0.05) is 37.7 Å². The van der Waals surface area contributed by atoms with Gasteiger partial charge in [0.2, 0.25) is 0 Å². The van der Waals surface area contributed by atoms with E-state index in [0.29, 0.717) is 30.3 Å². The Bertz CT molecular complexity index is 728. The summed E-state index contributed by atoms with van der Waals surface area (Å²) in [4.78, 5) is 25.1. The maximum absolute atomic E-state index is 13.0. The van der Waals surface area contributed by atoms with Gasteiger partial charge >= 0.3 is 6.18 Å². The van der Waals surface area contributed by atoms with Crippen LogP contribution >= 0.6 is 0 Å². The Labute approximate surface area is 172 Å². The summed E-state index contributed by atoms with van der Waals surface area (Å²) < 4.78 is 45.2. The van der Waals surface area contributed by atoms with Crippen molar-refractivity contribution in [3.05, 3.63) is 23.9 Å². The molecule has 11 heteroatoms. The van der Waals surface area contributed by atoms with Gasteiger partial charge < -0.3 is 24.7 Å². The van der Waals surface area contributed by atoms with Crippen molar-refractivity contribution in [1.82, 2.24) is 9.88 Å². The topological polar surface area (TPSA) is 103 Å². The Kier molecular flexibility index (Phi) is 7.64. The molecule has 30 heavy (non-hydrogen) atoms. The summed E-state index contributed by atoms with van der Waals surface area (Å²) in [5, 5.41) is 13.8. The van der Waals surface area contributed by atoms with Crippen LogP contribution in [-0.2, 0) is 20.5 Å². The van der Waals surface area contributed by atoms with E-state index in [1.807, 2.05) is 4.90 Å². The van der Waals surface area contributed by atoms with Gasteiger partial charge in [-0.05, 0) is 39.1 Å². The molecule has 1 aromatic heterocycles. The largest absolute Gasteiger partial charge is 0.483 e. The van der Waals surface area contributed by atoms with Crippen LogP contribution < -0.4 is 4.90 Å². The molecule has 0 aliphatic carbocycles. The Balaban J connectivity index is 0.000000480. The fourth-order valence-corrected chi connectivity index (χ4v) is 4.80. The van der Waals surface area contributed by atoms with Crippen molar-refractivity contribution >= 4 is 18.8 Å². The summed E-state index contributed by atoms with van der Waals surface area (Å²) in [6, 6.07) is 2.18. The molecule has 1 aromatic rings.